The molecule has 60 valence electrons. The van der Waals surface area contributed by atoms with Crippen molar-refractivity contribution in [1.29, 1.82) is 0 Å². The number of aliphatic carboxylic acids is 1. The van der Waals surface area contributed by atoms with Crippen LogP contribution in [0.3, 0.4) is 0 Å². The van der Waals surface area contributed by atoms with Crippen molar-refractivity contribution < 1.29 is 9.90 Å². The van der Waals surface area contributed by atoms with E-state index < -0.39 is 12.0 Å². The van der Waals surface area contributed by atoms with E-state index in [1.807, 2.05) is 36.7 Å². The molecular formula is C6H12INO2. The molecule has 0 aliphatic rings. The Balaban J connectivity index is 3.72. The Labute approximate surface area is 74.7 Å². The summed E-state index contributed by atoms with van der Waals surface area (Å²) in [6.07, 6.45) is 0.679. The molecule has 0 heterocycles. The molecule has 0 aromatic heterocycles. The molecule has 3 nitrogen and oxygen atoms in total. The highest BCUT2D eigenvalue weighted by molar-refractivity contribution is 14.1. The molecule has 2 N–H and O–H groups in total. The minimum Gasteiger partial charge on any atom is -0.480 e. The SMILES string of the molecule is CC(C)C[C@H](NI)C(=O)O. The van der Waals surface area contributed by atoms with Gasteiger partial charge in [-0.15, -0.1) is 0 Å². The fourth-order valence-electron chi connectivity index (χ4n) is 0.663. The van der Waals surface area contributed by atoms with Gasteiger partial charge in [0.25, 0.3) is 0 Å². The maximum Gasteiger partial charge on any atom is 0.321 e. The van der Waals surface area contributed by atoms with Crippen LogP contribution >= 0.6 is 22.9 Å². The standard InChI is InChI=1S/C6H12INO2/c1-4(2)3-5(8-7)6(9)10/h4-5,8H,3H2,1-2H3,(H,9,10)/t5-/m0/s1. The summed E-state index contributed by atoms with van der Waals surface area (Å²) in [5, 5.41) is 8.55. The molecule has 4 heteroatoms. The van der Waals surface area contributed by atoms with E-state index in [9.17, 15) is 4.79 Å². The summed E-state index contributed by atoms with van der Waals surface area (Å²) in [5.41, 5.74) is 0. The van der Waals surface area contributed by atoms with E-state index in [0.717, 1.165) is 0 Å². The maximum absolute atomic E-state index is 10.4. The first-order chi connectivity index (χ1) is 4.57. The van der Waals surface area contributed by atoms with E-state index in [1.54, 1.807) is 0 Å². The summed E-state index contributed by atoms with van der Waals surface area (Å²) < 4.78 is 2.70. The molecule has 0 saturated heterocycles. The normalized spacial score (nSPS) is 13.6. The number of carbonyl (C=O) groups is 1. The van der Waals surface area contributed by atoms with E-state index in [4.69, 9.17) is 5.11 Å². The summed E-state index contributed by atoms with van der Waals surface area (Å²) >= 11 is 1.87. The molecule has 0 aromatic rings. The fourth-order valence-corrected chi connectivity index (χ4v) is 1.18. The summed E-state index contributed by atoms with van der Waals surface area (Å²) in [7, 11) is 0. The van der Waals surface area contributed by atoms with Gasteiger partial charge in [-0.05, 0) is 12.3 Å². The molecule has 0 aliphatic heterocycles. The van der Waals surface area contributed by atoms with E-state index in [2.05, 4.69) is 3.53 Å². The maximum atomic E-state index is 10.4. The Hall–Kier alpha value is 0.160. The zero-order valence-corrected chi connectivity index (χ0v) is 8.25. The van der Waals surface area contributed by atoms with E-state index in [-0.39, 0.29) is 0 Å². The quantitative estimate of drug-likeness (QED) is 0.591. The smallest absolute Gasteiger partial charge is 0.321 e. The lowest BCUT2D eigenvalue weighted by atomic mass is 10.1. The number of nitrogens with one attached hydrogen (secondary N) is 1. The Morgan fingerprint density at radius 3 is 2.30 bits per heavy atom. The molecule has 0 fully saturated rings. The van der Waals surface area contributed by atoms with Gasteiger partial charge in [0.1, 0.15) is 6.04 Å². The van der Waals surface area contributed by atoms with Crippen LogP contribution in [-0.4, -0.2) is 17.1 Å². The topological polar surface area (TPSA) is 49.3 Å². The number of carboxylic acid groups (broad SMARTS) is 1. The van der Waals surface area contributed by atoms with Gasteiger partial charge in [0, 0.05) is 22.9 Å². The zero-order chi connectivity index (χ0) is 8.15. The number of hydrogen-bond acceptors (Lipinski definition) is 2. The van der Waals surface area contributed by atoms with Crippen molar-refractivity contribution in [3.05, 3.63) is 0 Å². The molecule has 0 unspecified atom stereocenters. The van der Waals surface area contributed by atoms with Gasteiger partial charge in [-0.2, -0.15) is 0 Å². The average Bonchev–Trinajstić information content (AvgIpc) is 1.81. The van der Waals surface area contributed by atoms with Crippen molar-refractivity contribution in [2.24, 2.45) is 5.92 Å². The van der Waals surface area contributed by atoms with Gasteiger partial charge in [0.2, 0.25) is 0 Å². The molecule has 0 spiro atoms. The highest BCUT2D eigenvalue weighted by Gasteiger charge is 2.16. The highest BCUT2D eigenvalue weighted by Crippen LogP contribution is 2.05. The molecule has 0 aromatic carbocycles. The summed E-state index contributed by atoms with van der Waals surface area (Å²) in [4.78, 5) is 10.4. The second-order valence-corrected chi connectivity index (χ2v) is 3.25. The molecule has 0 bridgehead atoms. The van der Waals surface area contributed by atoms with Crippen molar-refractivity contribution >= 4 is 28.8 Å². The predicted octanol–water partition coefficient (Wildman–Crippen LogP) is 1.43. The second kappa shape index (κ2) is 4.90. The van der Waals surface area contributed by atoms with E-state index in [0.29, 0.717) is 12.3 Å². The van der Waals surface area contributed by atoms with Crippen LogP contribution in [0.1, 0.15) is 20.3 Å². The van der Waals surface area contributed by atoms with Gasteiger partial charge in [0.15, 0.2) is 0 Å². The summed E-state index contributed by atoms with van der Waals surface area (Å²) in [6, 6.07) is -0.402. The largest absolute Gasteiger partial charge is 0.480 e. The lowest BCUT2D eigenvalue weighted by Gasteiger charge is -2.11. The van der Waals surface area contributed by atoms with Gasteiger partial charge in [-0.1, -0.05) is 13.8 Å². The van der Waals surface area contributed by atoms with Crippen LogP contribution in [0.2, 0.25) is 0 Å². The predicted molar refractivity (Wildman–Crippen MR) is 48.0 cm³/mol. The number of carboxylic acids is 1. The van der Waals surface area contributed by atoms with Crippen molar-refractivity contribution in [2.75, 3.05) is 0 Å². The molecule has 0 radical (unpaired) electrons. The van der Waals surface area contributed by atoms with Gasteiger partial charge < -0.3 is 5.11 Å². The van der Waals surface area contributed by atoms with E-state index in [1.165, 1.54) is 0 Å². The lowest BCUT2D eigenvalue weighted by molar-refractivity contribution is -0.139. The van der Waals surface area contributed by atoms with Crippen molar-refractivity contribution in [2.45, 2.75) is 26.3 Å². The fraction of sp³-hybridized carbons (Fsp3) is 0.833. The first-order valence-corrected chi connectivity index (χ1v) is 4.24. The molecule has 1 atom stereocenters. The molecule has 0 rings (SSSR count). The van der Waals surface area contributed by atoms with Crippen molar-refractivity contribution in [3.8, 4) is 0 Å². The van der Waals surface area contributed by atoms with Crippen LogP contribution in [0.15, 0.2) is 0 Å². The first kappa shape index (κ1) is 10.2. The van der Waals surface area contributed by atoms with Crippen LogP contribution in [0.4, 0.5) is 0 Å². The molecule has 0 aliphatic carbocycles. The second-order valence-electron chi connectivity index (χ2n) is 2.63. The third-order valence-electron chi connectivity index (χ3n) is 1.14. The van der Waals surface area contributed by atoms with Gasteiger partial charge >= 0.3 is 5.97 Å². The molecule has 0 amide bonds. The Kier molecular flexibility index (Phi) is 4.98. The highest BCUT2D eigenvalue weighted by atomic mass is 127. The van der Waals surface area contributed by atoms with E-state index >= 15 is 0 Å². The summed E-state index contributed by atoms with van der Waals surface area (Å²) in [6.45, 7) is 4.01. The third-order valence-corrected chi connectivity index (χ3v) is 1.89. The van der Waals surface area contributed by atoms with Crippen LogP contribution in [0.5, 0.6) is 0 Å². The van der Waals surface area contributed by atoms with Gasteiger partial charge in [-0.3, -0.25) is 4.79 Å². The Morgan fingerprint density at radius 2 is 2.20 bits per heavy atom. The van der Waals surface area contributed by atoms with Crippen molar-refractivity contribution in [1.82, 2.24) is 3.53 Å². The number of halogens is 1. The summed E-state index contributed by atoms with van der Waals surface area (Å²) in [5.74, 6) is -0.355. The Morgan fingerprint density at radius 1 is 1.70 bits per heavy atom. The lowest BCUT2D eigenvalue weighted by Crippen LogP contribution is -2.31. The molecule has 0 saturated carbocycles. The zero-order valence-electron chi connectivity index (χ0n) is 6.10. The minimum atomic E-state index is -0.775. The van der Waals surface area contributed by atoms with Gasteiger partial charge in [0.05, 0.1) is 0 Å². The van der Waals surface area contributed by atoms with Gasteiger partial charge in [-0.25, -0.2) is 3.53 Å². The van der Waals surface area contributed by atoms with Crippen molar-refractivity contribution in [3.63, 3.8) is 0 Å². The molecular weight excluding hydrogens is 245 g/mol. The first-order valence-electron chi connectivity index (χ1n) is 3.17. The number of hydrogen-bond donors (Lipinski definition) is 2. The Bertz CT molecular complexity index is 116. The average molecular weight is 257 g/mol. The third kappa shape index (κ3) is 4.05. The van der Waals surface area contributed by atoms with Crippen LogP contribution in [0.25, 0.3) is 0 Å². The number of rotatable bonds is 4. The van der Waals surface area contributed by atoms with Crippen LogP contribution in [0, 0.1) is 5.92 Å². The van der Waals surface area contributed by atoms with Crippen LogP contribution in [-0.2, 0) is 4.79 Å². The van der Waals surface area contributed by atoms with Crippen LogP contribution < -0.4 is 3.53 Å². The molecule has 10 heavy (non-hydrogen) atoms. The minimum absolute atomic E-state index is 0.402. The monoisotopic (exact) mass is 257 g/mol.